The van der Waals surface area contributed by atoms with E-state index in [9.17, 15) is 4.79 Å². The Morgan fingerprint density at radius 3 is 2.63 bits per heavy atom. The summed E-state index contributed by atoms with van der Waals surface area (Å²) in [6.45, 7) is 2.24. The number of nitrogens with zero attached hydrogens (tertiary/aromatic N) is 3. The van der Waals surface area contributed by atoms with Crippen LogP contribution in [0.1, 0.15) is 25.0 Å². The van der Waals surface area contributed by atoms with Gasteiger partial charge in [-0.15, -0.1) is 11.3 Å². The molecule has 0 aliphatic carbocycles. The van der Waals surface area contributed by atoms with Gasteiger partial charge >= 0.3 is 0 Å². The fourth-order valence-electron chi connectivity index (χ4n) is 3.27. The van der Waals surface area contributed by atoms with Gasteiger partial charge in [0, 0.05) is 36.0 Å². The van der Waals surface area contributed by atoms with E-state index in [0.29, 0.717) is 0 Å². The molecule has 5 nitrogen and oxygen atoms in total. The molecular formula is C21H22N4OS. The highest BCUT2D eigenvalue weighted by atomic mass is 32.1. The van der Waals surface area contributed by atoms with E-state index in [1.54, 1.807) is 6.20 Å². The number of pyridine rings is 1. The van der Waals surface area contributed by atoms with Crippen LogP contribution in [0.4, 0.5) is 11.4 Å². The number of hydrogen-bond donors (Lipinski definition) is 1. The molecule has 3 heterocycles. The Labute approximate surface area is 163 Å². The molecule has 0 radical (unpaired) electrons. The average molecular weight is 379 g/mol. The minimum atomic E-state index is -0.0569. The third kappa shape index (κ3) is 4.52. The maximum Gasteiger partial charge on any atom is 0.230 e. The van der Waals surface area contributed by atoms with E-state index in [1.165, 1.54) is 36.3 Å². The Morgan fingerprint density at radius 2 is 1.89 bits per heavy atom. The van der Waals surface area contributed by atoms with Crippen LogP contribution in [0.15, 0.2) is 54.0 Å². The van der Waals surface area contributed by atoms with Crippen molar-refractivity contribution in [3.8, 4) is 10.7 Å². The minimum absolute atomic E-state index is 0.0569. The highest BCUT2D eigenvalue weighted by Gasteiger charge is 2.12. The first-order valence-electron chi connectivity index (χ1n) is 9.28. The van der Waals surface area contributed by atoms with E-state index in [4.69, 9.17) is 0 Å². The molecule has 0 unspecified atom stereocenters. The van der Waals surface area contributed by atoms with E-state index < -0.39 is 0 Å². The molecule has 0 bridgehead atoms. The second-order valence-corrected chi connectivity index (χ2v) is 7.54. The van der Waals surface area contributed by atoms with Crippen molar-refractivity contribution in [2.24, 2.45) is 0 Å². The molecular weight excluding hydrogens is 356 g/mol. The van der Waals surface area contributed by atoms with Crippen molar-refractivity contribution in [3.05, 3.63) is 59.7 Å². The van der Waals surface area contributed by atoms with Crippen LogP contribution in [0.25, 0.3) is 10.7 Å². The van der Waals surface area contributed by atoms with E-state index in [1.807, 2.05) is 35.7 Å². The van der Waals surface area contributed by atoms with Gasteiger partial charge in [0.05, 0.1) is 17.8 Å². The van der Waals surface area contributed by atoms with Crippen molar-refractivity contribution in [1.82, 2.24) is 9.97 Å². The van der Waals surface area contributed by atoms with Gasteiger partial charge in [0.1, 0.15) is 5.01 Å². The number of aromatic nitrogens is 2. The van der Waals surface area contributed by atoms with Gasteiger partial charge in [-0.2, -0.15) is 0 Å². The lowest BCUT2D eigenvalue weighted by molar-refractivity contribution is -0.115. The zero-order valence-electron chi connectivity index (χ0n) is 15.1. The quantitative estimate of drug-likeness (QED) is 0.716. The molecule has 1 aliphatic heterocycles. The fraction of sp³-hybridized carbons (Fsp3) is 0.286. The van der Waals surface area contributed by atoms with Crippen LogP contribution in [0.2, 0.25) is 0 Å². The number of anilines is 2. The Hall–Kier alpha value is -2.73. The molecule has 1 saturated heterocycles. The number of carbonyl (C=O) groups is 1. The molecule has 0 saturated carbocycles. The summed E-state index contributed by atoms with van der Waals surface area (Å²) in [4.78, 5) is 23.6. The average Bonchev–Trinajstić information content (AvgIpc) is 3.18. The molecule has 1 aromatic carbocycles. The third-order valence-electron chi connectivity index (χ3n) is 4.65. The number of hydrogen-bond acceptors (Lipinski definition) is 5. The Balaban J connectivity index is 1.35. The number of nitrogens with one attached hydrogen (secondary N) is 1. The van der Waals surface area contributed by atoms with Crippen molar-refractivity contribution < 1.29 is 4.79 Å². The van der Waals surface area contributed by atoms with Crippen molar-refractivity contribution in [2.45, 2.75) is 25.7 Å². The Bertz CT molecular complexity index is 886. The van der Waals surface area contributed by atoms with E-state index >= 15 is 0 Å². The van der Waals surface area contributed by atoms with Gasteiger partial charge in [-0.05, 0) is 55.7 Å². The molecule has 0 spiro atoms. The summed E-state index contributed by atoms with van der Waals surface area (Å²) in [5.74, 6) is -0.0569. The standard InChI is InChI=1S/C21H22N4OS/c26-20(14-17-15-27-21(24-17)19-6-2-3-11-22-19)23-16-7-9-18(10-8-16)25-12-4-1-5-13-25/h2-3,6-11,15H,1,4-5,12-14H2,(H,23,26). The zero-order valence-corrected chi connectivity index (χ0v) is 15.9. The molecule has 3 aromatic rings. The summed E-state index contributed by atoms with van der Waals surface area (Å²) >= 11 is 1.51. The zero-order chi connectivity index (χ0) is 18.5. The highest BCUT2D eigenvalue weighted by Crippen LogP contribution is 2.23. The molecule has 1 aliphatic rings. The van der Waals surface area contributed by atoms with Crippen LogP contribution in [-0.4, -0.2) is 29.0 Å². The minimum Gasteiger partial charge on any atom is -0.372 e. The lowest BCUT2D eigenvalue weighted by atomic mass is 10.1. The molecule has 27 heavy (non-hydrogen) atoms. The summed E-state index contributed by atoms with van der Waals surface area (Å²) < 4.78 is 0. The smallest absolute Gasteiger partial charge is 0.230 e. The summed E-state index contributed by atoms with van der Waals surface area (Å²) in [5.41, 5.74) is 3.65. The lowest BCUT2D eigenvalue weighted by Gasteiger charge is -2.28. The topological polar surface area (TPSA) is 58.1 Å². The monoisotopic (exact) mass is 378 g/mol. The van der Waals surface area contributed by atoms with Crippen LogP contribution in [0, 0.1) is 0 Å². The van der Waals surface area contributed by atoms with E-state index in [-0.39, 0.29) is 12.3 Å². The van der Waals surface area contributed by atoms with E-state index in [2.05, 4.69) is 32.3 Å². The Kier molecular flexibility index (Phi) is 5.44. The number of thiazole rings is 1. The van der Waals surface area contributed by atoms with Crippen LogP contribution in [0.3, 0.4) is 0 Å². The van der Waals surface area contributed by atoms with Gasteiger partial charge in [-0.1, -0.05) is 6.07 Å². The number of piperidine rings is 1. The van der Waals surface area contributed by atoms with Crippen molar-refractivity contribution in [3.63, 3.8) is 0 Å². The van der Waals surface area contributed by atoms with Crippen molar-refractivity contribution in [2.75, 3.05) is 23.3 Å². The van der Waals surface area contributed by atoms with Gasteiger partial charge in [0.2, 0.25) is 5.91 Å². The summed E-state index contributed by atoms with van der Waals surface area (Å²) in [5, 5.41) is 5.72. The van der Waals surface area contributed by atoms with Gasteiger partial charge < -0.3 is 10.2 Å². The van der Waals surface area contributed by atoms with Crippen LogP contribution in [0.5, 0.6) is 0 Å². The largest absolute Gasteiger partial charge is 0.372 e. The predicted octanol–water partition coefficient (Wildman–Crippen LogP) is 4.38. The SMILES string of the molecule is O=C(Cc1csc(-c2ccccn2)n1)Nc1ccc(N2CCCCC2)cc1. The first kappa shape index (κ1) is 17.7. The number of rotatable bonds is 5. The second kappa shape index (κ2) is 8.31. The molecule has 1 N–H and O–H groups in total. The third-order valence-corrected chi connectivity index (χ3v) is 5.56. The number of amides is 1. The molecule has 1 fully saturated rings. The Morgan fingerprint density at radius 1 is 1.07 bits per heavy atom. The van der Waals surface area contributed by atoms with Crippen LogP contribution in [-0.2, 0) is 11.2 Å². The van der Waals surface area contributed by atoms with Crippen LogP contribution < -0.4 is 10.2 Å². The van der Waals surface area contributed by atoms with Crippen LogP contribution >= 0.6 is 11.3 Å². The number of benzene rings is 1. The summed E-state index contributed by atoms with van der Waals surface area (Å²) in [7, 11) is 0. The van der Waals surface area contributed by atoms with Crippen molar-refractivity contribution in [1.29, 1.82) is 0 Å². The van der Waals surface area contributed by atoms with Gasteiger partial charge in [0.15, 0.2) is 0 Å². The maximum atomic E-state index is 12.3. The van der Waals surface area contributed by atoms with E-state index in [0.717, 1.165) is 35.2 Å². The summed E-state index contributed by atoms with van der Waals surface area (Å²) in [6, 6.07) is 13.9. The molecule has 2 aromatic heterocycles. The predicted molar refractivity (Wildman–Crippen MR) is 110 cm³/mol. The molecule has 1 amide bonds. The first-order valence-corrected chi connectivity index (χ1v) is 10.2. The lowest BCUT2D eigenvalue weighted by Crippen LogP contribution is -2.29. The second-order valence-electron chi connectivity index (χ2n) is 6.68. The maximum absolute atomic E-state index is 12.3. The molecule has 138 valence electrons. The first-order chi connectivity index (χ1) is 13.3. The normalized spacial score (nSPS) is 14.1. The molecule has 0 atom stereocenters. The molecule has 6 heteroatoms. The van der Waals surface area contributed by atoms with Gasteiger partial charge in [-0.25, -0.2) is 4.98 Å². The molecule has 4 rings (SSSR count). The summed E-state index contributed by atoms with van der Waals surface area (Å²) in [6.07, 6.45) is 5.84. The fourth-order valence-corrected chi connectivity index (χ4v) is 4.07. The van der Waals surface area contributed by atoms with Gasteiger partial charge in [-0.3, -0.25) is 9.78 Å². The number of carbonyl (C=O) groups excluding carboxylic acids is 1. The van der Waals surface area contributed by atoms with Gasteiger partial charge in [0.25, 0.3) is 0 Å². The highest BCUT2D eigenvalue weighted by molar-refractivity contribution is 7.13. The van der Waals surface area contributed by atoms with Crippen molar-refractivity contribution >= 4 is 28.6 Å².